The van der Waals surface area contributed by atoms with Crippen LogP contribution in [-0.2, 0) is 0 Å². The van der Waals surface area contributed by atoms with Crippen molar-refractivity contribution in [3.05, 3.63) is 28.2 Å². The molecule has 1 atom stereocenters. The lowest BCUT2D eigenvalue weighted by molar-refractivity contribution is 0.199. The van der Waals surface area contributed by atoms with Gasteiger partial charge in [-0.1, -0.05) is 6.07 Å². The van der Waals surface area contributed by atoms with Gasteiger partial charge in [0, 0.05) is 0 Å². The molecule has 76 valence electrons. The minimum Gasteiger partial charge on any atom is -0.489 e. The summed E-state index contributed by atoms with van der Waals surface area (Å²) in [6.07, 6.45) is 2.29. The quantitative estimate of drug-likeness (QED) is 0.901. The monoisotopic (exact) mass is 256 g/mol. The number of hydrogen-bond donors (Lipinski definition) is 1. The maximum atomic E-state index is 9.37. The van der Waals surface area contributed by atoms with Gasteiger partial charge < -0.3 is 9.84 Å². The Hall–Kier alpha value is -0.540. The van der Waals surface area contributed by atoms with E-state index >= 15 is 0 Å². The molecule has 1 aliphatic carbocycles. The molecule has 2 rings (SSSR count). The Morgan fingerprint density at radius 2 is 2.21 bits per heavy atom. The van der Waals surface area contributed by atoms with Gasteiger partial charge in [-0.15, -0.1) is 0 Å². The van der Waals surface area contributed by atoms with Crippen LogP contribution in [0.2, 0.25) is 0 Å². The molecule has 0 saturated heterocycles. The van der Waals surface area contributed by atoms with Gasteiger partial charge in [-0.05, 0) is 53.4 Å². The number of aliphatic hydroxyl groups excluding tert-OH is 1. The van der Waals surface area contributed by atoms with Crippen molar-refractivity contribution in [2.24, 2.45) is 0 Å². The van der Waals surface area contributed by atoms with Crippen LogP contribution in [0.15, 0.2) is 22.7 Å². The lowest BCUT2D eigenvalue weighted by Crippen LogP contribution is -1.98. The molecule has 1 N–H and O–H groups in total. The van der Waals surface area contributed by atoms with Gasteiger partial charge in [-0.3, -0.25) is 0 Å². The van der Waals surface area contributed by atoms with Gasteiger partial charge in [0.1, 0.15) is 5.75 Å². The second-order valence-corrected chi connectivity index (χ2v) is 4.54. The van der Waals surface area contributed by atoms with Gasteiger partial charge >= 0.3 is 0 Å². The minimum absolute atomic E-state index is 0.406. The predicted molar refractivity (Wildman–Crippen MR) is 58.4 cm³/mol. The average molecular weight is 257 g/mol. The van der Waals surface area contributed by atoms with Crippen molar-refractivity contribution in [1.82, 2.24) is 0 Å². The van der Waals surface area contributed by atoms with E-state index in [-0.39, 0.29) is 0 Å². The van der Waals surface area contributed by atoms with Crippen molar-refractivity contribution in [2.45, 2.75) is 32.0 Å². The van der Waals surface area contributed by atoms with Gasteiger partial charge in [0.15, 0.2) is 0 Å². The third-order valence-electron chi connectivity index (χ3n) is 2.26. The number of ether oxygens (including phenoxy) is 1. The Morgan fingerprint density at radius 3 is 2.71 bits per heavy atom. The van der Waals surface area contributed by atoms with E-state index in [0.29, 0.717) is 6.10 Å². The molecule has 1 fully saturated rings. The van der Waals surface area contributed by atoms with Gasteiger partial charge in [0.25, 0.3) is 0 Å². The van der Waals surface area contributed by atoms with Crippen LogP contribution < -0.4 is 4.74 Å². The number of rotatable bonds is 3. The smallest absolute Gasteiger partial charge is 0.133 e. The molecule has 0 heterocycles. The molecule has 0 bridgehead atoms. The van der Waals surface area contributed by atoms with Gasteiger partial charge in [-0.2, -0.15) is 0 Å². The van der Waals surface area contributed by atoms with Crippen LogP contribution in [0.1, 0.15) is 31.4 Å². The molecule has 1 aliphatic rings. The van der Waals surface area contributed by atoms with Crippen LogP contribution in [-0.4, -0.2) is 11.2 Å². The molecule has 14 heavy (non-hydrogen) atoms. The molecular weight excluding hydrogens is 244 g/mol. The zero-order valence-corrected chi connectivity index (χ0v) is 9.62. The summed E-state index contributed by atoms with van der Waals surface area (Å²) in [6.45, 7) is 1.75. The third-order valence-corrected chi connectivity index (χ3v) is 2.88. The van der Waals surface area contributed by atoms with E-state index in [0.717, 1.165) is 28.6 Å². The molecule has 1 saturated carbocycles. The molecule has 3 heteroatoms. The molecule has 1 aromatic carbocycles. The molecule has 1 unspecified atom stereocenters. The number of aliphatic hydroxyl groups is 1. The van der Waals surface area contributed by atoms with Gasteiger partial charge in [-0.25, -0.2) is 0 Å². The third kappa shape index (κ3) is 2.28. The predicted octanol–water partition coefficient (Wildman–Crippen LogP) is 3.04. The highest BCUT2D eigenvalue weighted by atomic mass is 79.9. The second kappa shape index (κ2) is 3.91. The first-order valence-electron chi connectivity index (χ1n) is 4.81. The van der Waals surface area contributed by atoms with E-state index < -0.39 is 6.10 Å². The summed E-state index contributed by atoms with van der Waals surface area (Å²) in [4.78, 5) is 0. The summed E-state index contributed by atoms with van der Waals surface area (Å²) in [5.41, 5.74) is 0.903. The molecule has 0 spiro atoms. The van der Waals surface area contributed by atoms with Gasteiger partial charge in [0.2, 0.25) is 0 Å². The van der Waals surface area contributed by atoms with Crippen LogP contribution in [0.25, 0.3) is 0 Å². The van der Waals surface area contributed by atoms with E-state index in [9.17, 15) is 5.11 Å². The molecular formula is C11H13BrO2. The Labute approximate surface area is 92.0 Å². The first kappa shape index (κ1) is 9.99. The molecule has 0 radical (unpaired) electrons. The molecule has 0 aliphatic heterocycles. The second-order valence-electron chi connectivity index (χ2n) is 3.68. The standard InChI is InChI=1S/C11H13BrO2/c1-7(13)8-2-5-11(10(12)6-8)14-9-3-4-9/h2,5-7,9,13H,3-4H2,1H3. The molecule has 0 amide bonds. The van der Waals surface area contributed by atoms with Crippen molar-refractivity contribution in [1.29, 1.82) is 0 Å². The topological polar surface area (TPSA) is 29.5 Å². The normalized spacial score (nSPS) is 17.9. The maximum absolute atomic E-state index is 9.37. The van der Waals surface area contributed by atoms with Crippen molar-refractivity contribution in [3.63, 3.8) is 0 Å². The zero-order chi connectivity index (χ0) is 10.1. The average Bonchev–Trinajstić information content (AvgIpc) is 2.92. The Bertz CT molecular complexity index is 332. The summed E-state index contributed by atoms with van der Waals surface area (Å²) in [7, 11) is 0. The van der Waals surface area contributed by atoms with Crippen LogP contribution in [0, 0.1) is 0 Å². The summed E-state index contributed by atoms with van der Waals surface area (Å²) in [5, 5.41) is 9.37. The fourth-order valence-electron chi connectivity index (χ4n) is 1.24. The highest BCUT2D eigenvalue weighted by Gasteiger charge is 2.24. The van der Waals surface area contributed by atoms with Crippen molar-refractivity contribution >= 4 is 15.9 Å². The lowest BCUT2D eigenvalue weighted by atomic mass is 10.1. The first-order chi connectivity index (χ1) is 6.66. The summed E-state index contributed by atoms with van der Waals surface area (Å²) in [5.74, 6) is 0.872. The summed E-state index contributed by atoms with van der Waals surface area (Å²) < 4.78 is 6.58. The Balaban J connectivity index is 2.17. The molecule has 1 aromatic rings. The first-order valence-corrected chi connectivity index (χ1v) is 5.60. The molecule has 2 nitrogen and oxygen atoms in total. The van der Waals surface area contributed by atoms with Crippen LogP contribution >= 0.6 is 15.9 Å². The van der Waals surface area contributed by atoms with Crippen molar-refractivity contribution < 1.29 is 9.84 Å². The number of halogens is 1. The minimum atomic E-state index is -0.429. The van der Waals surface area contributed by atoms with E-state index in [4.69, 9.17) is 4.74 Å². The number of hydrogen-bond acceptors (Lipinski definition) is 2. The van der Waals surface area contributed by atoms with E-state index in [1.54, 1.807) is 6.92 Å². The lowest BCUT2D eigenvalue weighted by Gasteiger charge is -2.10. The summed E-state index contributed by atoms with van der Waals surface area (Å²) in [6, 6.07) is 5.71. The zero-order valence-electron chi connectivity index (χ0n) is 8.03. The van der Waals surface area contributed by atoms with Crippen molar-refractivity contribution in [2.75, 3.05) is 0 Å². The van der Waals surface area contributed by atoms with E-state index in [2.05, 4.69) is 15.9 Å². The Kier molecular flexibility index (Phi) is 2.79. The van der Waals surface area contributed by atoms with Crippen LogP contribution in [0.3, 0.4) is 0 Å². The van der Waals surface area contributed by atoms with Gasteiger partial charge in [0.05, 0.1) is 16.7 Å². The maximum Gasteiger partial charge on any atom is 0.133 e. The van der Waals surface area contributed by atoms with Crippen molar-refractivity contribution in [3.8, 4) is 5.75 Å². The van der Waals surface area contributed by atoms with Crippen LogP contribution in [0.5, 0.6) is 5.75 Å². The highest BCUT2D eigenvalue weighted by Crippen LogP contribution is 2.33. The Morgan fingerprint density at radius 1 is 1.50 bits per heavy atom. The summed E-state index contributed by atoms with van der Waals surface area (Å²) >= 11 is 3.44. The largest absolute Gasteiger partial charge is 0.489 e. The highest BCUT2D eigenvalue weighted by molar-refractivity contribution is 9.10. The van der Waals surface area contributed by atoms with Crippen LogP contribution in [0.4, 0.5) is 0 Å². The fraction of sp³-hybridized carbons (Fsp3) is 0.455. The fourth-order valence-corrected chi connectivity index (χ4v) is 1.73. The number of benzene rings is 1. The van der Waals surface area contributed by atoms with E-state index in [1.165, 1.54) is 0 Å². The SMILES string of the molecule is CC(O)c1ccc(OC2CC2)c(Br)c1. The van der Waals surface area contributed by atoms with E-state index in [1.807, 2.05) is 18.2 Å². The molecule has 0 aromatic heterocycles.